The molecule has 0 unspecified atom stereocenters. The Kier molecular flexibility index (Phi) is 13.6. The molecule has 1 amide bonds. The highest BCUT2D eigenvalue weighted by molar-refractivity contribution is 5.94. The van der Waals surface area contributed by atoms with E-state index in [-0.39, 0.29) is 30.2 Å². The molecule has 0 bridgehead atoms. The van der Waals surface area contributed by atoms with Crippen molar-refractivity contribution >= 4 is 30.2 Å². The number of likely N-dealkylation sites (tertiary alicyclic amines) is 1. The van der Waals surface area contributed by atoms with Crippen molar-refractivity contribution in [1.29, 1.82) is 10.8 Å². The van der Waals surface area contributed by atoms with Gasteiger partial charge in [0.05, 0.1) is 0 Å². The van der Waals surface area contributed by atoms with E-state index in [2.05, 4.69) is 24.1 Å². The molecule has 0 aromatic carbocycles. The number of carbonyl (C=O) groups is 1. The highest BCUT2D eigenvalue weighted by Crippen LogP contribution is 2.08. The molecule has 1 saturated heterocycles. The van der Waals surface area contributed by atoms with E-state index in [0.717, 1.165) is 45.3 Å². The first-order valence-corrected chi connectivity index (χ1v) is 6.83. The van der Waals surface area contributed by atoms with Gasteiger partial charge in [-0.05, 0) is 12.8 Å². The summed E-state index contributed by atoms with van der Waals surface area (Å²) in [5, 5.41) is 19.0. The first-order valence-electron chi connectivity index (χ1n) is 6.83. The first-order chi connectivity index (χ1) is 9.51. The Morgan fingerprint density at radius 1 is 1.52 bits per heavy atom. The molecule has 1 rings (SSSR count). The number of hydrogen-bond donors (Lipinski definition) is 5. The molecule has 1 heterocycles. The molecule has 8 heteroatoms. The van der Waals surface area contributed by atoms with Gasteiger partial charge < -0.3 is 16.0 Å². The molecule has 1 aliphatic heterocycles. The maximum Gasteiger partial charge on any atom is 0.222 e. The lowest BCUT2D eigenvalue weighted by Crippen LogP contribution is -2.43. The van der Waals surface area contributed by atoms with Crippen molar-refractivity contribution in [3.63, 3.8) is 0 Å². The van der Waals surface area contributed by atoms with Crippen LogP contribution in [0.15, 0.2) is 12.7 Å². The van der Waals surface area contributed by atoms with Crippen LogP contribution in [0.25, 0.3) is 0 Å². The Labute approximate surface area is 132 Å². The van der Waals surface area contributed by atoms with Gasteiger partial charge in [0, 0.05) is 26.1 Å². The van der Waals surface area contributed by atoms with Gasteiger partial charge in [0.15, 0.2) is 11.9 Å². The van der Waals surface area contributed by atoms with Crippen molar-refractivity contribution in [3.8, 4) is 0 Å². The molecule has 0 radical (unpaired) electrons. The van der Waals surface area contributed by atoms with Gasteiger partial charge in [0.25, 0.3) is 0 Å². The number of unbranched alkanes of at least 4 members (excludes halogenated alkanes) is 1. The third kappa shape index (κ3) is 11.7. The van der Waals surface area contributed by atoms with E-state index in [1.807, 2.05) is 4.90 Å². The zero-order valence-corrected chi connectivity index (χ0v) is 13.4. The Balaban J connectivity index is 0. The van der Waals surface area contributed by atoms with Crippen molar-refractivity contribution in [3.05, 3.63) is 12.7 Å². The van der Waals surface area contributed by atoms with Crippen LogP contribution in [0, 0.1) is 10.8 Å². The topological polar surface area (TPSA) is 118 Å². The molecule has 122 valence electrons. The fourth-order valence-electron chi connectivity index (χ4n) is 1.62. The Morgan fingerprint density at radius 2 is 2.19 bits per heavy atom. The summed E-state index contributed by atoms with van der Waals surface area (Å²) in [7, 11) is 0. The fourth-order valence-corrected chi connectivity index (χ4v) is 1.62. The summed E-state index contributed by atoms with van der Waals surface area (Å²) in [6.07, 6.45) is 5.62. The third-order valence-electron chi connectivity index (χ3n) is 2.61. The number of amides is 1. The number of halogens is 1. The summed E-state index contributed by atoms with van der Waals surface area (Å²) in [4.78, 5) is 12.7. The van der Waals surface area contributed by atoms with Crippen LogP contribution in [0.2, 0.25) is 0 Å². The lowest BCUT2D eigenvalue weighted by Gasteiger charge is -2.10. The van der Waals surface area contributed by atoms with Crippen molar-refractivity contribution in [2.24, 2.45) is 5.73 Å². The van der Waals surface area contributed by atoms with Gasteiger partial charge in [-0.2, -0.15) is 0 Å². The van der Waals surface area contributed by atoms with E-state index in [1.54, 1.807) is 6.08 Å². The number of carbonyl (C=O) groups excluding carboxylic acids is 1. The second-order valence-electron chi connectivity index (χ2n) is 4.43. The Bertz CT molecular complexity index is 348. The van der Waals surface area contributed by atoms with E-state index in [9.17, 15) is 4.79 Å². The monoisotopic (exact) mass is 318 g/mol. The van der Waals surface area contributed by atoms with E-state index in [0.29, 0.717) is 0 Å². The van der Waals surface area contributed by atoms with Gasteiger partial charge in [-0.15, -0.1) is 19.0 Å². The average Bonchev–Trinajstić information content (AvgIpc) is 2.76. The van der Waals surface area contributed by atoms with Crippen LogP contribution >= 0.6 is 12.4 Å². The number of guanidine groups is 2. The minimum Gasteiger partial charge on any atom is -0.370 e. The summed E-state index contributed by atoms with van der Waals surface area (Å²) >= 11 is 0. The van der Waals surface area contributed by atoms with Crippen LogP contribution in [-0.4, -0.2) is 42.4 Å². The zero-order valence-electron chi connectivity index (χ0n) is 12.6. The van der Waals surface area contributed by atoms with Crippen molar-refractivity contribution < 1.29 is 4.79 Å². The number of hydrogen-bond acceptors (Lipinski definition) is 3. The number of nitrogens with one attached hydrogen (secondary N) is 4. The molecule has 0 aliphatic carbocycles. The summed E-state index contributed by atoms with van der Waals surface area (Å²) in [6, 6.07) is 0. The molecule has 1 aliphatic rings. The summed E-state index contributed by atoms with van der Waals surface area (Å²) in [5.41, 5.74) is 4.99. The normalized spacial score (nSPS) is 12.6. The summed E-state index contributed by atoms with van der Waals surface area (Å²) in [6.45, 7) is 8.03. The standard InChI is InChI=1S/C7H11NO.C6H15N5.ClH/c1-2-5-8-6-3-4-7(8)9;1-2-3-4-10-6(9)11-5(7)8;/h2H,1,3-6H2;2-4H2,1H3,(H6,7,8,9,10,11);1H. The maximum absolute atomic E-state index is 10.8. The SMILES string of the molecule is C=CCN1CCCC1=O.CCCCNC(=N)NC(=N)N.Cl. The zero-order chi connectivity index (χ0) is 15.4. The average molecular weight is 319 g/mol. The molecule has 0 aromatic rings. The van der Waals surface area contributed by atoms with Crippen LogP contribution in [0.3, 0.4) is 0 Å². The fraction of sp³-hybridized carbons (Fsp3) is 0.615. The van der Waals surface area contributed by atoms with Crippen LogP contribution in [0.5, 0.6) is 0 Å². The Morgan fingerprint density at radius 3 is 2.62 bits per heavy atom. The first kappa shape index (κ1) is 21.5. The molecular weight excluding hydrogens is 292 g/mol. The van der Waals surface area contributed by atoms with Gasteiger partial charge in [-0.25, -0.2) is 0 Å². The number of rotatable bonds is 5. The van der Waals surface area contributed by atoms with Crippen molar-refractivity contribution in [1.82, 2.24) is 15.5 Å². The van der Waals surface area contributed by atoms with Gasteiger partial charge in [-0.3, -0.25) is 20.9 Å². The minimum atomic E-state index is -0.209. The van der Waals surface area contributed by atoms with E-state index in [1.165, 1.54) is 0 Å². The predicted molar refractivity (Wildman–Crippen MR) is 88.9 cm³/mol. The molecule has 7 nitrogen and oxygen atoms in total. The van der Waals surface area contributed by atoms with Crippen LogP contribution in [0.4, 0.5) is 0 Å². The van der Waals surface area contributed by atoms with Crippen molar-refractivity contribution in [2.45, 2.75) is 32.6 Å². The third-order valence-corrected chi connectivity index (χ3v) is 2.61. The van der Waals surface area contributed by atoms with E-state index >= 15 is 0 Å². The van der Waals surface area contributed by atoms with Gasteiger partial charge in [0.2, 0.25) is 5.91 Å². The lowest BCUT2D eigenvalue weighted by molar-refractivity contribution is -0.127. The van der Waals surface area contributed by atoms with Crippen LogP contribution in [0.1, 0.15) is 32.6 Å². The molecule has 1 fully saturated rings. The molecule has 21 heavy (non-hydrogen) atoms. The minimum absolute atomic E-state index is 0. The molecule has 0 atom stereocenters. The second kappa shape index (κ2) is 13.2. The molecule has 0 spiro atoms. The largest absolute Gasteiger partial charge is 0.370 e. The molecule has 0 aromatic heterocycles. The van der Waals surface area contributed by atoms with Crippen LogP contribution in [-0.2, 0) is 4.79 Å². The quantitative estimate of drug-likeness (QED) is 0.225. The van der Waals surface area contributed by atoms with E-state index in [4.69, 9.17) is 16.6 Å². The highest BCUT2D eigenvalue weighted by Gasteiger charge is 2.17. The number of nitrogens with zero attached hydrogens (tertiary/aromatic N) is 1. The summed E-state index contributed by atoms with van der Waals surface area (Å²) in [5.74, 6) is 0.153. The predicted octanol–water partition coefficient (Wildman–Crippen LogP) is 1.01. The Hall–Kier alpha value is -1.76. The van der Waals surface area contributed by atoms with Gasteiger partial charge in [0.1, 0.15) is 0 Å². The molecular formula is C13H27ClN6O. The molecule has 6 N–H and O–H groups in total. The van der Waals surface area contributed by atoms with Gasteiger partial charge in [-0.1, -0.05) is 19.4 Å². The molecule has 0 saturated carbocycles. The van der Waals surface area contributed by atoms with Crippen LogP contribution < -0.4 is 16.4 Å². The van der Waals surface area contributed by atoms with Crippen molar-refractivity contribution in [2.75, 3.05) is 19.6 Å². The summed E-state index contributed by atoms with van der Waals surface area (Å²) < 4.78 is 0. The lowest BCUT2D eigenvalue weighted by atomic mass is 10.3. The van der Waals surface area contributed by atoms with E-state index < -0.39 is 0 Å². The van der Waals surface area contributed by atoms with Gasteiger partial charge >= 0.3 is 0 Å². The smallest absolute Gasteiger partial charge is 0.222 e. The highest BCUT2D eigenvalue weighted by atomic mass is 35.5. The number of nitrogens with two attached hydrogens (primary N) is 1. The maximum atomic E-state index is 10.8. The second-order valence-corrected chi connectivity index (χ2v) is 4.43.